The Labute approximate surface area is 126 Å². The van der Waals surface area contributed by atoms with Crippen LogP contribution < -0.4 is 4.74 Å². The van der Waals surface area contributed by atoms with Gasteiger partial charge in [-0.25, -0.2) is 4.98 Å². The maximum Gasteiger partial charge on any atom is 0.232 e. The molecule has 0 atom stereocenters. The van der Waals surface area contributed by atoms with E-state index >= 15 is 0 Å². The molecule has 2 heterocycles. The molecule has 0 saturated carbocycles. The Kier molecular flexibility index (Phi) is 3.83. The quantitative estimate of drug-likeness (QED) is 0.663. The van der Waals surface area contributed by atoms with Crippen molar-refractivity contribution in [2.45, 2.75) is 13.5 Å². The summed E-state index contributed by atoms with van der Waals surface area (Å²) in [7, 11) is 0. The molecule has 106 valence electrons. The fraction of sp³-hybridized carbons (Fsp3) is 0.125. The first kappa shape index (κ1) is 13.6. The molecule has 0 unspecified atom stereocenters. The Balaban J connectivity index is 1.68. The predicted octanol–water partition coefficient (Wildman–Crippen LogP) is 4.18. The Bertz CT molecular complexity index is 746. The maximum atomic E-state index is 11.3. The van der Waals surface area contributed by atoms with Gasteiger partial charge in [-0.1, -0.05) is 18.2 Å². The third-order valence-corrected chi connectivity index (χ3v) is 3.80. The molecule has 3 rings (SSSR count). The van der Waals surface area contributed by atoms with Gasteiger partial charge in [-0.05, 0) is 30.5 Å². The molecular weight excluding hydrogens is 286 g/mol. The van der Waals surface area contributed by atoms with E-state index in [9.17, 15) is 4.79 Å². The number of aromatic nitrogens is 1. The van der Waals surface area contributed by atoms with Crippen LogP contribution in [-0.4, -0.2) is 10.8 Å². The molecule has 0 spiro atoms. The van der Waals surface area contributed by atoms with Crippen molar-refractivity contribution in [3.8, 4) is 16.4 Å². The standard InChI is InChI=1S/C16H13NO3S/c1-11(18)12-4-2-5-13(8-12)19-10-16-17-9-14(20-16)15-6-3-7-21-15/h2-9H,10H2,1H3. The number of hydrogen-bond donors (Lipinski definition) is 0. The van der Waals surface area contributed by atoms with E-state index in [4.69, 9.17) is 9.15 Å². The monoisotopic (exact) mass is 299 g/mol. The number of nitrogens with zero attached hydrogens (tertiary/aromatic N) is 1. The summed E-state index contributed by atoms with van der Waals surface area (Å²) in [6.07, 6.45) is 1.69. The molecule has 0 aliphatic rings. The van der Waals surface area contributed by atoms with E-state index < -0.39 is 0 Å². The first-order chi connectivity index (χ1) is 10.2. The highest BCUT2D eigenvalue weighted by Crippen LogP contribution is 2.25. The van der Waals surface area contributed by atoms with Gasteiger partial charge >= 0.3 is 0 Å². The molecule has 0 saturated heterocycles. The minimum absolute atomic E-state index is 0.0107. The van der Waals surface area contributed by atoms with Crippen molar-refractivity contribution in [2.75, 3.05) is 0 Å². The normalized spacial score (nSPS) is 10.5. The summed E-state index contributed by atoms with van der Waals surface area (Å²) < 4.78 is 11.2. The van der Waals surface area contributed by atoms with Crippen molar-refractivity contribution < 1.29 is 13.9 Å². The average Bonchev–Trinajstić information content (AvgIpc) is 3.16. The summed E-state index contributed by atoms with van der Waals surface area (Å²) in [5.74, 6) is 1.88. The van der Waals surface area contributed by atoms with Crippen molar-refractivity contribution >= 4 is 17.1 Å². The number of oxazole rings is 1. The maximum absolute atomic E-state index is 11.3. The van der Waals surface area contributed by atoms with Gasteiger partial charge in [0.2, 0.25) is 5.89 Å². The van der Waals surface area contributed by atoms with Gasteiger partial charge in [0, 0.05) is 5.56 Å². The largest absolute Gasteiger partial charge is 0.484 e. The molecule has 2 aromatic heterocycles. The van der Waals surface area contributed by atoms with Crippen LogP contribution in [0, 0.1) is 0 Å². The molecule has 5 heteroatoms. The fourth-order valence-electron chi connectivity index (χ4n) is 1.86. The first-order valence-electron chi connectivity index (χ1n) is 6.45. The van der Waals surface area contributed by atoms with Crippen LogP contribution in [0.4, 0.5) is 0 Å². The Morgan fingerprint density at radius 2 is 2.24 bits per heavy atom. The van der Waals surface area contributed by atoms with Gasteiger partial charge in [0.1, 0.15) is 5.75 Å². The smallest absolute Gasteiger partial charge is 0.232 e. The van der Waals surface area contributed by atoms with Gasteiger partial charge in [0.25, 0.3) is 0 Å². The van der Waals surface area contributed by atoms with Gasteiger partial charge in [-0.3, -0.25) is 4.79 Å². The Hall–Kier alpha value is -2.40. The number of hydrogen-bond acceptors (Lipinski definition) is 5. The van der Waals surface area contributed by atoms with Crippen LogP contribution >= 0.6 is 11.3 Å². The zero-order valence-electron chi connectivity index (χ0n) is 11.4. The van der Waals surface area contributed by atoms with E-state index in [0.717, 1.165) is 10.6 Å². The second-order valence-electron chi connectivity index (χ2n) is 4.47. The summed E-state index contributed by atoms with van der Waals surface area (Å²) in [4.78, 5) is 16.5. The number of benzene rings is 1. The second-order valence-corrected chi connectivity index (χ2v) is 5.42. The molecule has 3 aromatic rings. The number of ether oxygens (including phenoxy) is 1. The van der Waals surface area contributed by atoms with E-state index in [0.29, 0.717) is 17.2 Å². The molecule has 0 radical (unpaired) electrons. The van der Waals surface area contributed by atoms with Crippen molar-refractivity contribution in [1.82, 2.24) is 4.98 Å². The molecule has 0 fully saturated rings. The summed E-state index contributed by atoms with van der Waals surface area (Å²) in [6.45, 7) is 1.76. The fourth-order valence-corrected chi connectivity index (χ4v) is 2.53. The molecule has 4 nitrogen and oxygen atoms in total. The lowest BCUT2D eigenvalue weighted by Crippen LogP contribution is -1.97. The van der Waals surface area contributed by atoms with Crippen LogP contribution in [0.2, 0.25) is 0 Å². The summed E-state index contributed by atoms with van der Waals surface area (Å²) >= 11 is 1.60. The number of rotatable bonds is 5. The lowest BCUT2D eigenvalue weighted by molar-refractivity contribution is 0.101. The minimum Gasteiger partial charge on any atom is -0.484 e. The second kappa shape index (κ2) is 5.93. The van der Waals surface area contributed by atoms with Crippen LogP contribution in [0.1, 0.15) is 23.2 Å². The molecule has 1 aromatic carbocycles. The SMILES string of the molecule is CC(=O)c1cccc(OCc2ncc(-c3cccs3)o2)c1. The van der Waals surface area contributed by atoms with Crippen LogP contribution in [0.15, 0.2) is 52.4 Å². The Morgan fingerprint density at radius 3 is 3.00 bits per heavy atom. The number of carbonyl (C=O) groups excluding carboxylic acids is 1. The zero-order valence-corrected chi connectivity index (χ0v) is 12.2. The lowest BCUT2D eigenvalue weighted by Gasteiger charge is -2.04. The summed E-state index contributed by atoms with van der Waals surface area (Å²) in [6, 6.07) is 11.0. The highest BCUT2D eigenvalue weighted by atomic mass is 32.1. The van der Waals surface area contributed by atoms with E-state index in [-0.39, 0.29) is 12.4 Å². The van der Waals surface area contributed by atoms with E-state index in [1.807, 2.05) is 17.5 Å². The van der Waals surface area contributed by atoms with E-state index in [1.54, 1.807) is 41.8 Å². The van der Waals surface area contributed by atoms with Crippen LogP contribution in [0.25, 0.3) is 10.6 Å². The van der Waals surface area contributed by atoms with E-state index in [1.165, 1.54) is 6.92 Å². The average molecular weight is 299 g/mol. The number of Topliss-reactive ketones (excluding diaryl/α,β-unsaturated/α-hetero) is 1. The molecule has 0 bridgehead atoms. The number of carbonyl (C=O) groups is 1. The van der Waals surface area contributed by atoms with Gasteiger partial charge in [-0.15, -0.1) is 11.3 Å². The zero-order chi connectivity index (χ0) is 14.7. The molecule has 0 aliphatic heterocycles. The lowest BCUT2D eigenvalue weighted by atomic mass is 10.1. The van der Waals surface area contributed by atoms with Crippen molar-refractivity contribution in [3.63, 3.8) is 0 Å². The van der Waals surface area contributed by atoms with Crippen LogP contribution in [-0.2, 0) is 6.61 Å². The highest BCUT2D eigenvalue weighted by molar-refractivity contribution is 7.13. The molecular formula is C16H13NO3S. The van der Waals surface area contributed by atoms with Crippen molar-refractivity contribution in [2.24, 2.45) is 0 Å². The van der Waals surface area contributed by atoms with Crippen molar-refractivity contribution in [1.29, 1.82) is 0 Å². The Morgan fingerprint density at radius 1 is 1.33 bits per heavy atom. The number of ketones is 1. The minimum atomic E-state index is 0.0107. The first-order valence-corrected chi connectivity index (χ1v) is 7.33. The van der Waals surface area contributed by atoms with Crippen LogP contribution in [0.5, 0.6) is 5.75 Å². The molecule has 0 aliphatic carbocycles. The van der Waals surface area contributed by atoms with Gasteiger partial charge in [0.05, 0.1) is 11.1 Å². The van der Waals surface area contributed by atoms with E-state index in [2.05, 4.69) is 4.98 Å². The van der Waals surface area contributed by atoms with Crippen molar-refractivity contribution in [3.05, 3.63) is 59.4 Å². The summed E-state index contributed by atoms with van der Waals surface area (Å²) in [5, 5.41) is 1.99. The third kappa shape index (κ3) is 3.20. The molecule has 21 heavy (non-hydrogen) atoms. The van der Waals surface area contributed by atoms with Gasteiger partial charge in [-0.2, -0.15) is 0 Å². The molecule has 0 amide bonds. The predicted molar refractivity (Wildman–Crippen MR) is 80.6 cm³/mol. The van der Waals surface area contributed by atoms with Crippen LogP contribution in [0.3, 0.4) is 0 Å². The summed E-state index contributed by atoms with van der Waals surface area (Å²) in [5.41, 5.74) is 0.624. The number of thiophene rings is 1. The third-order valence-electron chi connectivity index (χ3n) is 2.92. The molecule has 0 N–H and O–H groups in total. The topological polar surface area (TPSA) is 52.3 Å². The van der Waals surface area contributed by atoms with Gasteiger partial charge < -0.3 is 9.15 Å². The highest BCUT2D eigenvalue weighted by Gasteiger charge is 2.08. The van der Waals surface area contributed by atoms with Gasteiger partial charge in [0.15, 0.2) is 18.2 Å².